The molecule has 0 unspecified atom stereocenters. The molecule has 2 fully saturated rings. The fourth-order valence-electron chi connectivity index (χ4n) is 10.6. The van der Waals surface area contributed by atoms with Crippen molar-refractivity contribution in [3.63, 3.8) is 0 Å². The van der Waals surface area contributed by atoms with Gasteiger partial charge in [0.25, 0.3) is 0 Å². The highest BCUT2D eigenvalue weighted by Crippen LogP contribution is 2.35. The van der Waals surface area contributed by atoms with Crippen molar-refractivity contribution in [2.24, 2.45) is 34.2 Å². The van der Waals surface area contributed by atoms with Gasteiger partial charge in [0, 0.05) is 60.9 Å². The quantitative estimate of drug-likeness (QED) is 0.0478. The second-order valence-corrected chi connectivity index (χ2v) is 21.1. The number of nitrogens with two attached hydrogens (primary N) is 2. The normalized spacial score (nSPS) is 26.5. The molecule has 3 aromatic rings. The van der Waals surface area contributed by atoms with E-state index >= 15 is 4.79 Å². The molecule has 2 aromatic heterocycles. The number of carboxylic acids is 1. The van der Waals surface area contributed by atoms with Crippen LogP contribution >= 0.6 is 0 Å². The number of carbonyl (C=O) groups excluding carboxylic acids is 8. The Morgan fingerprint density at radius 1 is 0.867 bits per heavy atom. The number of benzene rings is 1. The molecule has 0 aliphatic carbocycles. The Bertz CT molecular complexity index is 2710. The van der Waals surface area contributed by atoms with Crippen LogP contribution in [0.25, 0.3) is 16.7 Å². The van der Waals surface area contributed by atoms with E-state index in [4.69, 9.17) is 11.5 Å². The van der Waals surface area contributed by atoms with E-state index in [2.05, 4.69) is 52.2 Å². The van der Waals surface area contributed by atoms with Crippen LogP contribution in [-0.4, -0.2) is 145 Å². The summed E-state index contributed by atoms with van der Waals surface area (Å²) in [4.78, 5) is 141. The number of aromatic nitrogens is 3. The second kappa shape index (κ2) is 23.8. The van der Waals surface area contributed by atoms with Crippen LogP contribution in [0.1, 0.15) is 116 Å². The van der Waals surface area contributed by atoms with Crippen LogP contribution < -0.4 is 48.7 Å². The van der Waals surface area contributed by atoms with Gasteiger partial charge in [0.15, 0.2) is 5.96 Å². The molecule has 2 saturated heterocycles. The zero-order valence-corrected chi connectivity index (χ0v) is 43.4. The Morgan fingerprint density at radius 2 is 1.60 bits per heavy atom. The van der Waals surface area contributed by atoms with Crippen molar-refractivity contribution in [2.75, 3.05) is 13.1 Å². The fourth-order valence-corrected chi connectivity index (χ4v) is 10.6. The predicted octanol–water partition coefficient (Wildman–Crippen LogP) is -0.386. The molecule has 75 heavy (non-hydrogen) atoms. The number of imidazole rings is 1. The summed E-state index contributed by atoms with van der Waals surface area (Å²) in [5.74, 6) is -7.78. The third-order valence-corrected chi connectivity index (χ3v) is 14.8. The minimum atomic E-state index is -1.49. The lowest BCUT2D eigenvalue weighted by molar-refractivity contribution is -0.143. The smallest absolute Gasteiger partial charge is 0.326 e. The number of aliphatic imine (C=N–C) groups is 1. The molecule has 24 heteroatoms. The minimum absolute atomic E-state index is 0.00977. The van der Waals surface area contributed by atoms with Gasteiger partial charge in [-0.3, -0.25) is 47.9 Å². The van der Waals surface area contributed by atoms with Gasteiger partial charge in [-0.05, 0) is 67.9 Å². The number of nitrogens with one attached hydrogen (secondary N) is 8. The molecule has 8 rings (SSSR count). The van der Waals surface area contributed by atoms with Gasteiger partial charge in [-0.2, -0.15) is 0 Å². The summed E-state index contributed by atoms with van der Waals surface area (Å²) in [5, 5.41) is 30.8. The predicted molar refractivity (Wildman–Crippen MR) is 274 cm³/mol. The monoisotopic (exact) mass is 1040 g/mol. The average Bonchev–Trinajstić information content (AvgIpc) is 4.19. The van der Waals surface area contributed by atoms with Crippen LogP contribution in [0.5, 0.6) is 0 Å². The van der Waals surface area contributed by atoms with Gasteiger partial charge < -0.3 is 63.7 Å². The number of hydrogen-bond acceptors (Lipinski definition) is 11. The minimum Gasteiger partial charge on any atom is -0.480 e. The number of H-pyrrole nitrogens is 1. The summed E-state index contributed by atoms with van der Waals surface area (Å²) in [6.07, 6.45) is 4.37. The Morgan fingerprint density at radius 3 is 2.27 bits per heavy atom. The molecule has 24 nitrogen and oxygen atoms in total. The number of carboxylic acid groups (broad SMARTS) is 1. The van der Waals surface area contributed by atoms with Crippen LogP contribution in [0.3, 0.4) is 0 Å². The second-order valence-electron chi connectivity index (χ2n) is 21.1. The third kappa shape index (κ3) is 12.9. The summed E-state index contributed by atoms with van der Waals surface area (Å²) < 4.78 is 1.62. The number of hydrogen-bond donors (Lipinski definition) is 11. The maximum atomic E-state index is 15.4. The zero-order chi connectivity index (χ0) is 54.4. The molecular formula is C51H72N14O10. The average molecular weight is 1040 g/mol. The van der Waals surface area contributed by atoms with Crippen molar-refractivity contribution < 1.29 is 48.3 Å². The highest BCUT2D eigenvalue weighted by Gasteiger charge is 2.43. The van der Waals surface area contributed by atoms with Crippen molar-refractivity contribution in [3.05, 3.63) is 47.5 Å². The van der Waals surface area contributed by atoms with Crippen molar-refractivity contribution >= 4 is 70.1 Å². The Balaban J connectivity index is 1.42. The first kappa shape index (κ1) is 55.2. The van der Waals surface area contributed by atoms with Gasteiger partial charge in [-0.1, -0.05) is 60.1 Å². The molecule has 0 spiro atoms. The van der Waals surface area contributed by atoms with Gasteiger partial charge in [-0.15, -0.1) is 0 Å². The molecule has 5 aliphatic heterocycles. The molecule has 10 atom stereocenters. The molecule has 1 aromatic carbocycles. The van der Waals surface area contributed by atoms with Crippen LogP contribution in [0.15, 0.2) is 35.7 Å². The SMILES string of the molecule is CC[C@H](C)[C@@H]1NC(=O)[C@H](CC(C)C)NC(=O)[C@@H](NC(=O)[C@@H]2CCC(=O)N2)[C@H](C(C)C)c2ccc3c4c([nH]c3c2)-n2cnc(c2)C[C@@H](C(=O)O)NC(=O)[C@H](CCCN=C(N)N)NC(=O)[C@@H]2CCCN2C(=O)[C@H](C4)NC1=O. The molecule has 7 bridgehead atoms. The van der Waals surface area contributed by atoms with Gasteiger partial charge in [0.2, 0.25) is 47.3 Å². The molecule has 13 N–H and O–H groups in total. The number of carbonyl (C=O) groups is 9. The van der Waals surface area contributed by atoms with E-state index in [0.29, 0.717) is 40.7 Å². The topological polar surface area (TPSA) is 359 Å². The zero-order valence-electron chi connectivity index (χ0n) is 43.4. The summed E-state index contributed by atoms with van der Waals surface area (Å²) in [7, 11) is 0. The van der Waals surface area contributed by atoms with Crippen molar-refractivity contribution in [1.82, 2.24) is 56.7 Å². The third-order valence-electron chi connectivity index (χ3n) is 14.8. The lowest BCUT2D eigenvalue weighted by Crippen LogP contribution is -2.62. The van der Waals surface area contributed by atoms with Crippen LogP contribution in [0.4, 0.5) is 0 Å². The van der Waals surface area contributed by atoms with Crippen molar-refractivity contribution in [2.45, 2.75) is 160 Å². The van der Waals surface area contributed by atoms with Gasteiger partial charge in [-0.25, -0.2) is 9.78 Å². The van der Waals surface area contributed by atoms with Gasteiger partial charge in [0.1, 0.15) is 60.5 Å². The van der Waals surface area contributed by atoms with E-state index in [1.54, 1.807) is 17.7 Å². The summed E-state index contributed by atoms with van der Waals surface area (Å²) in [5.41, 5.74) is 12.9. The summed E-state index contributed by atoms with van der Waals surface area (Å²) in [6, 6.07) is -4.33. The Hall–Kier alpha value is -7.53. The summed E-state index contributed by atoms with van der Waals surface area (Å²) in [6.45, 7) is 11.4. The van der Waals surface area contributed by atoms with Crippen LogP contribution in [-0.2, 0) is 56.0 Å². The maximum absolute atomic E-state index is 15.4. The van der Waals surface area contributed by atoms with E-state index < -0.39 is 107 Å². The van der Waals surface area contributed by atoms with Gasteiger partial charge in [0.05, 0.1) is 5.69 Å². The molecule has 406 valence electrons. The number of fused-ring (bicyclic) bond motifs is 14. The maximum Gasteiger partial charge on any atom is 0.326 e. The first-order chi connectivity index (χ1) is 35.6. The number of rotatable bonds is 12. The number of nitrogens with zero attached hydrogens (tertiary/aromatic N) is 4. The van der Waals surface area contributed by atoms with E-state index in [1.165, 1.54) is 11.2 Å². The lowest BCUT2D eigenvalue weighted by Gasteiger charge is -2.33. The van der Waals surface area contributed by atoms with E-state index in [0.717, 1.165) is 0 Å². The van der Waals surface area contributed by atoms with E-state index in [1.807, 2.05) is 52.8 Å². The molecular weight excluding hydrogens is 969 g/mol. The lowest BCUT2D eigenvalue weighted by atomic mass is 9.81. The first-order valence-electron chi connectivity index (χ1n) is 26.0. The van der Waals surface area contributed by atoms with E-state index in [-0.39, 0.29) is 93.9 Å². The number of aromatic amines is 1. The molecule has 5 aliphatic rings. The number of aliphatic carboxylic acids is 1. The first-order valence-corrected chi connectivity index (χ1v) is 26.0. The van der Waals surface area contributed by atoms with Crippen molar-refractivity contribution in [3.8, 4) is 5.82 Å². The van der Waals surface area contributed by atoms with E-state index in [9.17, 15) is 43.5 Å². The fraction of sp³-hybridized carbons (Fsp3) is 0.588. The molecule has 8 amide bonds. The van der Waals surface area contributed by atoms with Crippen molar-refractivity contribution in [1.29, 1.82) is 0 Å². The molecule has 0 saturated carbocycles. The molecule has 7 heterocycles. The van der Waals surface area contributed by atoms with Crippen LogP contribution in [0.2, 0.25) is 0 Å². The largest absolute Gasteiger partial charge is 0.480 e. The summed E-state index contributed by atoms with van der Waals surface area (Å²) >= 11 is 0. The Kier molecular flexibility index (Phi) is 17.5. The number of amides is 8. The van der Waals surface area contributed by atoms with Crippen LogP contribution in [0, 0.1) is 17.8 Å². The van der Waals surface area contributed by atoms with Gasteiger partial charge >= 0.3 is 5.97 Å². The highest BCUT2D eigenvalue weighted by atomic mass is 16.4. The Labute approximate surface area is 434 Å². The highest BCUT2D eigenvalue weighted by molar-refractivity contribution is 6.00. The molecule has 0 radical (unpaired) electrons. The number of guanidine groups is 1. The standard InChI is InChI=1S/C51H72N14O10/c1-7-26(6)40-47(71)60-35-21-30-29-13-12-27(39(25(4)5)41(63-44(68)32-14-15-38(66)56-32)48(72)59-34(18-24(2)3)45(69)62-40)19-33(29)57-42(30)64-22-28(55-23-64)20-36(50(74)75)61-43(67)31(10-8-16-54-51(52)53)58-46(70)37-11-9-17-65(37)49(35)73/h12-13,19,22-26,31-32,34-37,39-41,57H,7-11,14-18,20-21H2,1-6H3,(H,56,66)(H,58,70)(H,59,72)(H,60,71)(H,61,67)(H,62,69)(H,63,68)(H,74,75)(H4,52,53,54)/t26-,31-,32-,34-,35-,36-,37-,39+,40-,41-/m0/s1.